The van der Waals surface area contributed by atoms with Crippen LogP contribution in [-0.4, -0.2) is 43.4 Å². The van der Waals surface area contributed by atoms with E-state index in [1.165, 1.54) is 27.4 Å². The van der Waals surface area contributed by atoms with E-state index < -0.39 is 10.0 Å². The second-order valence-corrected chi connectivity index (χ2v) is 7.35. The number of carbonyl (C=O) groups is 1. The second kappa shape index (κ2) is 5.31. The Morgan fingerprint density at radius 1 is 1.05 bits per heavy atom. The highest BCUT2D eigenvalue weighted by atomic mass is 32.2. The van der Waals surface area contributed by atoms with Crippen LogP contribution in [0.25, 0.3) is 0 Å². The van der Waals surface area contributed by atoms with Crippen LogP contribution < -0.4 is 4.90 Å². The van der Waals surface area contributed by atoms with E-state index in [0.717, 1.165) is 19.3 Å². The van der Waals surface area contributed by atoms with Gasteiger partial charge in [0.25, 0.3) is 0 Å². The van der Waals surface area contributed by atoms with Crippen molar-refractivity contribution in [2.24, 2.45) is 0 Å². The van der Waals surface area contributed by atoms with Crippen LogP contribution in [0.4, 0.5) is 5.69 Å². The molecule has 2 fully saturated rings. The van der Waals surface area contributed by atoms with Crippen LogP contribution >= 0.6 is 0 Å². The second-order valence-electron chi connectivity index (χ2n) is 5.41. The fourth-order valence-electron chi connectivity index (χ4n) is 2.86. The molecule has 0 aliphatic carbocycles. The van der Waals surface area contributed by atoms with Crippen molar-refractivity contribution in [1.82, 2.24) is 4.31 Å². The van der Waals surface area contributed by atoms with Crippen molar-refractivity contribution in [2.75, 3.05) is 24.5 Å². The molecule has 7 heteroatoms. The monoisotopic (exact) mass is 310 g/mol. The lowest BCUT2D eigenvalue weighted by Gasteiger charge is -2.20. The van der Waals surface area contributed by atoms with Gasteiger partial charge in [-0.2, -0.15) is 4.31 Å². The molecule has 0 bridgehead atoms. The Balaban J connectivity index is 1.99. The number of rotatable bonds is 3. The third kappa shape index (κ3) is 2.51. The summed E-state index contributed by atoms with van der Waals surface area (Å²) in [6.07, 6.45) is 2.90. The zero-order valence-corrected chi connectivity index (χ0v) is 12.5. The average molecular weight is 310 g/mol. The summed E-state index contributed by atoms with van der Waals surface area (Å²) < 4.78 is 26.5. The molecule has 0 unspecified atom stereocenters. The standard InChI is InChI=1S/C14H18N2O4S/c17-13-6-5-11(21(19,20)15-7-1-2-8-15)10-12(13)16-9-3-4-14(16)18/h5-6,10,17H,1-4,7-9H2. The molecule has 2 aliphatic rings. The summed E-state index contributed by atoms with van der Waals surface area (Å²) in [7, 11) is -3.54. The fourth-order valence-corrected chi connectivity index (χ4v) is 4.40. The van der Waals surface area contributed by atoms with Gasteiger partial charge in [0.2, 0.25) is 15.9 Å². The number of hydrogen-bond acceptors (Lipinski definition) is 4. The highest BCUT2D eigenvalue weighted by Crippen LogP contribution is 2.34. The Kier molecular flexibility index (Phi) is 3.62. The van der Waals surface area contributed by atoms with Crippen LogP contribution in [0.3, 0.4) is 0 Å². The van der Waals surface area contributed by atoms with E-state index in [4.69, 9.17) is 0 Å². The van der Waals surface area contributed by atoms with E-state index in [-0.39, 0.29) is 22.2 Å². The largest absolute Gasteiger partial charge is 0.506 e. The van der Waals surface area contributed by atoms with Gasteiger partial charge in [-0.3, -0.25) is 4.79 Å². The van der Waals surface area contributed by atoms with E-state index in [1.54, 1.807) is 0 Å². The molecule has 6 nitrogen and oxygen atoms in total. The van der Waals surface area contributed by atoms with Crippen LogP contribution in [0, 0.1) is 0 Å². The SMILES string of the molecule is O=C1CCCN1c1cc(S(=O)(=O)N2CCCC2)ccc1O. The zero-order valence-electron chi connectivity index (χ0n) is 11.7. The molecule has 0 spiro atoms. The molecule has 0 saturated carbocycles. The molecule has 1 aromatic carbocycles. The molecular weight excluding hydrogens is 292 g/mol. The van der Waals surface area contributed by atoms with Gasteiger partial charge < -0.3 is 10.0 Å². The van der Waals surface area contributed by atoms with Gasteiger partial charge in [0.15, 0.2) is 0 Å². The maximum absolute atomic E-state index is 12.5. The van der Waals surface area contributed by atoms with Gasteiger partial charge in [0, 0.05) is 26.1 Å². The number of benzene rings is 1. The average Bonchev–Trinajstić information content (AvgIpc) is 3.10. The van der Waals surface area contributed by atoms with Crippen molar-refractivity contribution < 1.29 is 18.3 Å². The number of carbonyl (C=O) groups excluding carboxylic acids is 1. The molecule has 2 aliphatic heterocycles. The van der Waals surface area contributed by atoms with Gasteiger partial charge in [-0.1, -0.05) is 0 Å². The minimum absolute atomic E-state index is 0.0642. The van der Waals surface area contributed by atoms with Crippen molar-refractivity contribution >= 4 is 21.6 Å². The van der Waals surface area contributed by atoms with Crippen molar-refractivity contribution in [1.29, 1.82) is 0 Å². The minimum atomic E-state index is -3.54. The van der Waals surface area contributed by atoms with Crippen LogP contribution in [0.5, 0.6) is 5.75 Å². The summed E-state index contributed by atoms with van der Waals surface area (Å²) >= 11 is 0. The number of hydrogen-bond donors (Lipinski definition) is 1. The highest BCUT2D eigenvalue weighted by molar-refractivity contribution is 7.89. The van der Waals surface area contributed by atoms with E-state index in [2.05, 4.69) is 0 Å². The van der Waals surface area contributed by atoms with Crippen LogP contribution in [0.15, 0.2) is 23.1 Å². The lowest BCUT2D eigenvalue weighted by Crippen LogP contribution is -2.28. The van der Waals surface area contributed by atoms with E-state index in [9.17, 15) is 18.3 Å². The molecule has 21 heavy (non-hydrogen) atoms. The predicted molar refractivity (Wildman–Crippen MR) is 77.7 cm³/mol. The lowest BCUT2D eigenvalue weighted by atomic mass is 10.2. The first-order valence-corrected chi connectivity index (χ1v) is 8.58. The van der Waals surface area contributed by atoms with Gasteiger partial charge in [-0.15, -0.1) is 0 Å². The summed E-state index contributed by atoms with van der Waals surface area (Å²) in [6.45, 7) is 1.57. The first-order valence-electron chi connectivity index (χ1n) is 7.14. The number of amides is 1. The number of phenolic OH excluding ortho intramolecular Hbond substituents is 1. The Morgan fingerprint density at radius 3 is 2.38 bits per heavy atom. The van der Waals surface area contributed by atoms with Gasteiger partial charge in [0.05, 0.1) is 10.6 Å². The van der Waals surface area contributed by atoms with Crippen LogP contribution in [0.2, 0.25) is 0 Å². The van der Waals surface area contributed by atoms with Gasteiger partial charge in [-0.05, 0) is 37.5 Å². The first-order chi connectivity index (χ1) is 10.00. The molecule has 114 valence electrons. The maximum Gasteiger partial charge on any atom is 0.243 e. The summed E-state index contributed by atoms with van der Waals surface area (Å²) in [6, 6.07) is 4.16. The quantitative estimate of drug-likeness (QED) is 0.913. The molecule has 2 saturated heterocycles. The van der Waals surface area contributed by atoms with Gasteiger partial charge >= 0.3 is 0 Å². The minimum Gasteiger partial charge on any atom is -0.506 e. The van der Waals surface area contributed by atoms with E-state index >= 15 is 0 Å². The molecule has 0 atom stereocenters. The zero-order chi connectivity index (χ0) is 15.0. The van der Waals surface area contributed by atoms with Crippen molar-refractivity contribution in [3.8, 4) is 5.75 Å². The number of anilines is 1. The predicted octanol–water partition coefficient (Wildman–Crippen LogP) is 1.30. The normalized spacial score (nSPS) is 20.4. The molecule has 1 amide bonds. The summed E-state index contributed by atoms with van der Waals surface area (Å²) in [5, 5.41) is 9.94. The summed E-state index contributed by atoms with van der Waals surface area (Å²) in [4.78, 5) is 13.4. The maximum atomic E-state index is 12.5. The lowest BCUT2D eigenvalue weighted by molar-refractivity contribution is -0.117. The Hall–Kier alpha value is -1.60. The summed E-state index contributed by atoms with van der Waals surface area (Å²) in [5.74, 6) is -0.147. The fraction of sp³-hybridized carbons (Fsp3) is 0.500. The number of nitrogens with zero attached hydrogens (tertiary/aromatic N) is 2. The Labute approximate surface area is 124 Å². The van der Waals surface area contributed by atoms with Gasteiger partial charge in [-0.25, -0.2) is 8.42 Å². The Morgan fingerprint density at radius 2 is 1.76 bits per heavy atom. The highest BCUT2D eigenvalue weighted by Gasteiger charge is 2.30. The van der Waals surface area contributed by atoms with Crippen molar-refractivity contribution in [3.05, 3.63) is 18.2 Å². The molecule has 1 aromatic rings. The van der Waals surface area contributed by atoms with Crippen LogP contribution in [0.1, 0.15) is 25.7 Å². The molecule has 0 radical (unpaired) electrons. The smallest absolute Gasteiger partial charge is 0.243 e. The third-order valence-electron chi connectivity index (χ3n) is 4.01. The van der Waals surface area contributed by atoms with E-state index in [1.807, 2.05) is 0 Å². The van der Waals surface area contributed by atoms with Crippen molar-refractivity contribution in [3.63, 3.8) is 0 Å². The molecule has 0 aromatic heterocycles. The van der Waals surface area contributed by atoms with Crippen molar-refractivity contribution in [2.45, 2.75) is 30.6 Å². The first kappa shape index (κ1) is 14.3. The molecular formula is C14H18N2O4S. The Bertz CT molecular complexity index is 666. The van der Waals surface area contributed by atoms with Crippen LogP contribution in [-0.2, 0) is 14.8 Å². The molecule has 3 rings (SSSR count). The third-order valence-corrected chi connectivity index (χ3v) is 5.91. The summed E-state index contributed by atoms with van der Waals surface area (Å²) in [5.41, 5.74) is 0.290. The number of sulfonamides is 1. The molecule has 1 N–H and O–H groups in total. The number of phenols is 1. The van der Waals surface area contributed by atoms with E-state index in [0.29, 0.717) is 26.1 Å². The topological polar surface area (TPSA) is 77.9 Å². The molecule has 2 heterocycles. The number of aromatic hydroxyl groups is 1. The van der Waals surface area contributed by atoms with Gasteiger partial charge in [0.1, 0.15) is 5.75 Å².